The SMILES string of the molecule is CC(C)C[C@H](N)C(=O)N1CCC2NC(=O)CCC2C1. The highest BCUT2D eigenvalue weighted by atomic mass is 16.2. The molecule has 2 aliphatic heterocycles. The normalized spacial score (nSPS) is 28.8. The lowest BCUT2D eigenvalue weighted by Gasteiger charge is -2.42. The van der Waals surface area contributed by atoms with Crippen LogP contribution >= 0.6 is 0 Å². The summed E-state index contributed by atoms with van der Waals surface area (Å²) in [5.41, 5.74) is 5.98. The number of hydrogen-bond acceptors (Lipinski definition) is 3. The van der Waals surface area contributed by atoms with Gasteiger partial charge >= 0.3 is 0 Å². The molecule has 5 nitrogen and oxygen atoms in total. The molecular formula is C14H25N3O2. The van der Waals surface area contributed by atoms with Crippen LogP contribution in [0.4, 0.5) is 0 Å². The Kier molecular flexibility index (Phi) is 4.45. The van der Waals surface area contributed by atoms with Crippen LogP contribution in [-0.4, -0.2) is 41.9 Å². The Morgan fingerprint density at radius 2 is 2.21 bits per heavy atom. The molecule has 2 fully saturated rings. The quantitative estimate of drug-likeness (QED) is 0.781. The van der Waals surface area contributed by atoms with Gasteiger partial charge in [0.15, 0.2) is 0 Å². The van der Waals surface area contributed by atoms with Crippen LogP contribution in [0.3, 0.4) is 0 Å². The molecule has 19 heavy (non-hydrogen) atoms. The number of nitrogens with two attached hydrogens (primary N) is 1. The van der Waals surface area contributed by atoms with Gasteiger partial charge in [-0.1, -0.05) is 13.8 Å². The van der Waals surface area contributed by atoms with Gasteiger partial charge in [-0.15, -0.1) is 0 Å². The lowest BCUT2D eigenvalue weighted by molar-refractivity contribution is -0.136. The molecule has 0 bridgehead atoms. The Labute approximate surface area is 114 Å². The standard InChI is InChI=1S/C14H25N3O2/c1-9(2)7-11(15)14(19)17-6-5-12-10(8-17)3-4-13(18)16-12/h9-12H,3-8,15H2,1-2H3,(H,16,18)/t10?,11-,12?/m0/s1. The van der Waals surface area contributed by atoms with Gasteiger partial charge in [-0.25, -0.2) is 0 Å². The van der Waals surface area contributed by atoms with E-state index >= 15 is 0 Å². The Hall–Kier alpha value is -1.10. The molecule has 0 aromatic heterocycles. The zero-order valence-electron chi connectivity index (χ0n) is 11.9. The van der Waals surface area contributed by atoms with Gasteiger partial charge in [0.2, 0.25) is 11.8 Å². The lowest BCUT2D eigenvalue weighted by atomic mass is 9.85. The van der Waals surface area contributed by atoms with Crippen LogP contribution < -0.4 is 11.1 Å². The zero-order valence-corrected chi connectivity index (χ0v) is 11.9. The van der Waals surface area contributed by atoms with Gasteiger partial charge in [0, 0.05) is 25.6 Å². The van der Waals surface area contributed by atoms with Crippen molar-refractivity contribution < 1.29 is 9.59 Å². The maximum Gasteiger partial charge on any atom is 0.239 e. The van der Waals surface area contributed by atoms with Gasteiger partial charge in [-0.2, -0.15) is 0 Å². The largest absolute Gasteiger partial charge is 0.353 e. The molecule has 3 atom stereocenters. The maximum absolute atomic E-state index is 12.3. The van der Waals surface area contributed by atoms with E-state index < -0.39 is 0 Å². The molecule has 2 amide bonds. The summed E-state index contributed by atoms with van der Waals surface area (Å²) in [6, 6.07) is -0.124. The Balaban J connectivity index is 1.90. The van der Waals surface area contributed by atoms with Crippen molar-refractivity contribution in [2.45, 2.75) is 51.6 Å². The minimum Gasteiger partial charge on any atom is -0.353 e. The second-order valence-electron chi connectivity index (χ2n) is 6.28. The summed E-state index contributed by atoms with van der Waals surface area (Å²) in [6.45, 7) is 5.62. The first kappa shape index (κ1) is 14.3. The van der Waals surface area contributed by atoms with E-state index in [1.54, 1.807) is 0 Å². The number of nitrogens with one attached hydrogen (secondary N) is 1. The molecule has 3 N–H and O–H groups in total. The van der Waals surface area contributed by atoms with Crippen LogP contribution in [0, 0.1) is 11.8 Å². The molecular weight excluding hydrogens is 242 g/mol. The summed E-state index contributed by atoms with van der Waals surface area (Å²) < 4.78 is 0. The van der Waals surface area contributed by atoms with E-state index in [-0.39, 0.29) is 23.9 Å². The molecule has 0 aromatic carbocycles. The fourth-order valence-corrected chi connectivity index (χ4v) is 3.15. The van der Waals surface area contributed by atoms with Gasteiger partial charge in [-0.3, -0.25) is 9.59 Å². The zero-order chi connectivity index (χ0) is 14.0. The van der Waals surface area contributed by atoms with E-state index in [0.717, 1.165) is 25.8 Å². The Morgan fingerprint density at radius 1 is 1.47 bits per heavy atom. The average Bonchev–Trinajstić information content (AvgIpc) is 2.36. The minimum atomic E-state index is -0.380. The highest BCUT2D eigenvalue weighted by molar-refractivity contribution is 5.82. The summed E-state index contributed by atoms with van der Waals surface area (Å²) in [6.07, 6.45) is 3.07. The van der Waals surface area contributed by atoms with E-state index in [0.29, 0.717) is 24.8 Å². The number of nitrogens with zero attached hydrogens (tertiary/aromatic N) is 1. The second kappa shape index (κ2) is 5.90. The highest BCUT2D eigenvalue weighted by Gasteiger charge is 2.36. The molecule has 5 heteroatoms. The smallest absolute Gasteiger partial charge is 0.239 e. The molecule has 2 unspecified atom stereocenters. The van der Waals surface area contributed by atoms with Crippen LogP contribution in [0.2, 0.25) is 0 Å². The molecule has 2 rings (SSSR count). The van der Waals surface area contributed by atoms with E-state index in [4.69, 9.17) is 5.73 Å². The summed E-state index contributed by atoms with van der Waals surface area (Å²) in [5.74, 6) is 1.06. The molecule has 2 saturated heterocycles. The molecule has 108 valence electrons. The van der Waals surface area contributed by atoms with Crippen LogP contribution in [0.15, 0.2) is 0 Å². The second-order valence-corrected chi connectivity index (χ2v) is 6.28. The van der Waals surface area contributed by atoms with Crippen molar-refractivity contribution in [2.24, 2.45) is 17.6 Å². The van der Waals surface area contributed by atoms with E-state index in [2.05, 4.69) is 19.2 Å². The molecule has 2 aliphatic rings. The minimum absolute atomic E-state index is 0.0732. The topological polar surface area (TPSA) is 75.4 Å². The van der Waals surface area contributed by atoms with Gasteiger partial charge in [0.1, 0.15) is 0 Å². The summed E-state index contributed by atoms with van der Waals surface area (Å²) in [7, 11) is 0. The van der Waals surface area contributed by atoms with E-state index in [9.17, 15) is 9.59 Å². The molecule has 0 aromatic rings. The van der Waals surface area contributed by atoms with E-state index in [1.807, 2.05) is 4.90 Å². The number of carbonyl (C=O) groups is 2. The van der Waals surface area contributed by atoms with Crippen molar-refractivity contribution in [1.29, 1.82) is 0 Å². The molecule has 0 aliphatic carbocycles. The van der Waals surface area contributed by atoms with Gasteiger partial charge in [0.25, 0.3) is 0 Å². The summed E-state index contributed by atoms with van der Waals surface area (Å²) >= 11 is 0. The number of hydrogen-bond donors (Lipinski definition) is 2. The van der Waals surface area contributed by atoms with Crippen LogP contribution in [0.1, 0.15) is 39.5 Å². The van der Waals surface area contributed by atoms with Crippen LogP contribution in [0.25, 0.3) is 0 Å². The van der Waals surface area contributed by atoms with Crippen LogP contribution in [-0.2, 0) is 9.59 Å². The van der Waals surface area contributed by atoms with Crippen molar-refractivity contribution in [1.82, 2.24) is 10.2 Å². The highest BCUT2D eigenvalue weighted by Crippen LogP contribution is 2.25. The first-order chi connectivity index (χ1) is 8.97. The number of amides is 2. The van der Waals surface area contributed by atoms with Crippen molar-refractivity contribution in [2.75, 3.05) is 13.1 Å². The van der Waals surface area contributed by atoms with Crippen LogP contribution in [0.5, 0.6) is 0 Å². The molecule has 2 heterocycles. The number of piperidine rings is 2. The van der Waals surface area contributed by atoms with Crippen molar-refractivity contribution in [3.8, 4) is 0 Å². The lowest BCUT2D eigenvalue weighted by Crippen LogP contribution is -2.57. The Bertz CT molecular complexity index is 357. The number of fused-ring (bicyclic) bond motifs is 1. The van der Waals surface area contributed by atoms with Crippen molar-refractivity contribution in [3.05, 3.63) is 0 Å². The third-order valence-corrected chi connectivity index (χ3v) is 4.18. The van der Waals surface area contributed by atoms with E-state index in [1.165, 1.54) is 0 Å². The first-order valence-corrected chi connectivity index (χ1v) is 7.31. The maximum atomic E-state index is 12.3. The average molecular weight is 267 g/mol. The van der Waals surface area contributed by atoms with Gasteiger partial charge in [-0.05, 0) is 31.1 Å². The fourth-order valence-electron chi connectivity index (χ4n) is 3.15. The number of rotatable bonds is 3. The van der Waals surface area contributed by atoms with Crippen molar-refractivity contribution in [3.63, 3.8) is 0 Å². The summed E-state index contributed by atoms with van der Waals surface area (Å²) in [5, 5.41) is 3.03. The number of carbonyl (C=O) groups excluding carboxylic acids is 2. The monoisotopic (exact) mass is 267 g/mol. The first-order valence-electron chi connectivity index (χ1n) is 7.31. The molecule has 0 radical (unpaired) electrons. The van der Waals surface area contributed by atoms with Crippen molar-refractivity contribution >= 4 is 11.8 Å². The predicted molar refractivity (Wildman–Crippen MR) is 73.3 cm³/mol. The third kappa shape index (κ3) is 3.47. The molecule has 0 saturated carbocycles. The van der Waals surface area contributed by atoms with Gasteiger partial charge < -0.3 is 16.0 Å². The summed E-state index contributed by atoms with van der Waals surface area (Å²) in [4.78, 5) is 25.5. The number of likely N-dealkylation sites (tertiary alicyclic amines) is 1. The molecule has 0 spiro atoms. The fraction of sp³-hybridized carbons (Fsp3) is 0.857. The van der Waals surface area contributed by atoms with Gasteiger partial charge in [0.05, 0.1) is 6.04 Å². The third-order valence-electron chi connectivity index (χ3n) is 4.18. The Morgan fingerprint density at radius 3 is 2.89 bits per heavy atom. The predicted octanol–water partition coefficient (Wildman–Crippen LogP) is 0.487.